The second-order valence-electron chi connectivity index (χ2n) is 7.80. The van der Waals surface area contributed by atoms with Crippen molar-refractivity contribution in [2.45, 2.75) is 19.5 Å². The number of carbonyl (C=O) groups is 2. The Labute approximate surface area is 191 Å². The largest absolute Gasteiger partial charge is 0.337 e. The fourth-order valence-electron chi connectivity index (χ4n) is 3.63. The molecule has 1 atom stereocenters. The summed E-state index contributed by atoms with van der Waals surface area (Å²) in [5.41, 5.74) is 3.02. The molecule has 0 fully saturated rings. The predicted molar refractivity (Wildman–Crippen MR) is 128 cm³/mol. The molecule has 0 radical (unpaired) electrons. The van der Waals surface area contributed by atoms with Crippen molar-refractivity contribution in [1.29, 1.82) is 0 Å². The molecule has 7 nitrogen and oxygen atoms in total. The fraction of sp³-hybridized carbons (Fsp3) is 0.154. The van der Waals surface area contributed by atoms with E-state index in [1.54, 1.807) is 36.2 Å². The highest BCUT2D eigenvalue weighted by molar-refractivity contribution is 6.04. The monoisotopic (exact) mass is 440 g/mol. The molecule has 2 amide bonds. The van der Waals surface area contributed by atoms with E-state index in [2.05, 4.69) is 10.3 Å². The van der Waals surface area contributed by atoms with Gasteiger partial charge < -0.3 is 10.2 Å². The van der Waals surface area contributed by atoms with E-state index in [9.17, 15) is 14.4 Å². The number of benzene rings is 3. The molecule has 0 bridgehead atoms. The number of rotatable bonds is 6. The van der Waals surface area contributed by atoms with Crippen LogP contribution in [0.2, 0.25) is 0 Å². The highest BCUT2D eigenvalue weighted by atomic mass is 16.2. The smallest absolute Gasteiger partial charge is 0.269 e. The number of anilines is 1. The first kappa shape index (κ1) is 22.0. The zero-order valence-electron chi connectivity index (χ0n) is 18.4. The number of hydrogen-bond donors (Lipinski definition) is 1. The lowest BCUT2D eigenvalue weighted by atomic mass is 10.1. The second kappa shape index (κ2) is 9.48. The molecule has 1 N–H and O–H groups in total. The molecule has 0 aliphatic carbocycles. The number of carbonyl (C=O) groups excluding carboxylic acids is 2. The molecule has 7 heteroatoms. The van der Waals surface area contributed by atoms with E-state index >= 15 is 0 Å². The summed E-state index contributed by atoms with van der Waals surface area (Å²) in [6, 6.07) is 23.3. The van der Waals surface area contributed by atoms with Crippen LogP contribution in [0.25, 0.3) is 11.0 Å². The quantitative estimate of drug-likeness (QED) is 0.493. The lowest BCUT2D eigenvalue weighted by Crippen LogP contribution is -2.35. The summed E-state index contributed by atoms with van der Waals surface area (Å²) in [4.78, 5) is 43.6. The standard InChI is InChI=1S/C26H24N4O3/c1-18(20-11-8-12-21(15-20)28-26(33)19-9-4-3-5-10-19)29(2)25(32)17-30-23-14-7-6-13-22(23)27-16-24(30)31/h3-16,18H,17H2,1-2H3,(H,28,33)/t18-/m0/s1. The summed E-state index contributed by atoms with van der Waals surface area (Å²) in [5.74, 6) is -0.409. The molecule has 0 unspecified atom stereocenters. The van der Waals surface area contributed by atoms with Crippen LogP contribution in [-0.4, -0.2) is 33.3 Å². The Kier molecular flexibility index (Phi) is 6.31. The normalized spacial score (nSPS) is 11.7. The molecule has 4 rings (SSSR count). The van der Waals surface area contributed by atoms with Crippen molar-refractivity contribution in [3.8, 4) is 0 Å². The third kappa shape index (κ3) is 4.82. The average molecular weight is 441 g/mol. The Bertz CT molecular complexity index is 1360. The maximum Gasteiger partial charge on any atom is 0.269 e. The van der Waals surface area contributed by atoms with Crippen LogP contribution in [0.15, 0.2) is 89.9 Å². The molecule has 3 aromatic carbocycles. The van der Waals surface area contributed by atoms with Gasteiger partial charge in [-0.05, 0) is 48.9 Å². The molecule has 0 aliphatic heterocycles. The molecule has 1 heterocycles. The van der Waals surface area contributed by atoms with Gasteiger partial charge in [-0.3, -0.25) is 19.0 Å². The Morgan fingerprint density at radius 1 is 1.00 bits per heavy atom. The molecular formula is C26H24N4O3. The first-order valence-corrected chi connectivity index (χ1v) is 10.6. The van der Waals surface area contributed by atoms with E-state index in [-0.39, 0.29) is 30.0 Å². The summed E-state index contributed by atoms with van der Waals surface area (Å²) in [6.45, 7) is 1.82. The number of hydrogen-bond acceptors (Lipinski definition) is 4. The third-order valence-corrected chi connectivity index (χ3v) is 5.68. The zero-order valence-corrected chi connectivity index (χ0v) is 18.4. The summed E-state index contributed by atoms with van der Waals surface area (Å²) in [7, 11) is 1.71. The second-order valence-corrected chi connectivity index (χ2v) is 7.80. The van der Waals surface area contributed by atoms with Crippen LogP contribution in [0.3, 0.4) is 0 Å². The van der Waals surface area contributed by atoms with E-state index in [1.807, 2.05) is 61.5 Å². The molecule has 166 valence electrons. The number of nitrogens with zero attached hydrogens (tertiary/aromatic N) is 3. The summed E-state index contributed by atoms with van der Waals surface area (Å²) in [6.07, 6.45) is 1.23. The SMILES string of the molecule is C[C@@H](c1cccc(NC(=O)c2ccccc2)c1)N(C)C(=O)Cn1c(=O)cnc2ccccc21. The minimum Gasteiger partial charge on any atom is -0.337 e. The topological polar surface area (TPSA) is 84.3 Å². The molecule has 33 heavy (non-hydrogen) atoms. The third-order valence-electron chi connectivity index (χ3n) is 5.68. The lowest BCUT2D eigenvalue weighted by molar-refractivity contribution is -0.132. The molecule has 0 saturated heterocycles. The number of likely N-dealkylation sites (N-methyl/N-ethyl adjacent to an activating group) is 1. The van der Waals surface area contributed by atoms with Gasteiger partial charge in [0.2, 0.25) is 5.91 Å². The van der Waals surface area contributed by atoms with Crippen molar-refractivity contribution >= 4 is 28.5 Å². The van der Waals surface area contributed by atoms with Gasteiger partial charge >= 0.3 is 0 Å². The number of para-hydroxylation sites is 2. The van der Waals surface area contributed by atoms with Gasteiger partial charge in [-0.2, -0.15) is 0 Å². The van der Waals surface area contributed by atoms with E-state index in [0.717, 1.165) is 5.56 Å². The summed E-state index contributed by atoms with van der Waals surface area (Å²) >= 11 is 0. The van der Waals surface area contributed by atoms with Crippen LogP contribution in [0.1, 0.15) is 28.9 Å². The summed E-state index contributed by atoms with van der Waals surface area (Å²) < 4.78 is 1.43. The van der Waals surface area contributed by atoms with Crippen molar-refractivity contribution in [3.63, 3.8) is 0 Å². The van der Waals surface area contributed by atoms with Gasteiger partial charge in [-0.1, -0.05) is 42.5 Å². The van der Waals surface area contributed by atoms with Crippen LogP contribution in [-0.2, 0) is 11.3 Å². The van der Waals surface area contributed by atoms with Gasteiger partial charge in [0.25, 0.3) is 11.5 Å². The molecular weight excluding hydrogens is 416 g/mol. The lowest BCUT2D eigenvalue weighted by Gasteiger charge is -2.26. The van der Waals surface area contributed by atoms with Crippen LogP contribution < -0.4 is 10.9 Å². The zero-order chi connectivity index (χ0) is 23.4. The minimum absolute atomic E-state index is 0.0901. The highest BCUT2D eigenvalue weighted by Gasteiger charge is 2.19. The maximum atomic E-state index is 13.0. The van der Waals surface area contributed by atoms with Crippen LogP contribution >= 0.6 is 0 Å². The van der Waals surface area contributed by atoms with Crippen molar-refractivity contribution in [1.82, 2.24) is 14.5 Å². The molecule has 0 saturated carbocycles. The van der Waals surface area contributed by atoms with E-state index in [0.29, 0.717) is 22.3 Å². The van der Waals surface area contributed by atoms with E-state index < -0.39 is 0 Å². The molecule has 0 spiro atoms. The minimum atomic E-state index is -0.325. The molecule has 1 aromatic heterocycles. The van der Waals surface area contributed by atoms with Crippen LogP contribution in [0, 0.1) is 0 Å². The predicted octanol–water partition coefficient (Wildman–Crippen LogP) is 3.87. The number of fused-ring (bicyclic) bond motifs is 1. The van der Waals surface area contributed by atoms with Crippen molar-refractivity contribution in [3.05, 3.63) is 107 Å². The Morgan fingerprint density at radius 2 is 1.73 bits per heavy atom. The van der Waals surface area contributed by atoms with E-state index in [1.165, 1.54) is 10.8 Å². The molecule has 4 aromatic rings. The van der Waals surface area contributed by atoms with Gasteiger partial charge in [0.05, 0.1) is 23.3 Å². The van der Waals surface area contributed by atoms with Crippen molar-refractivity contribution < 1.29 is 9.59 Å². The van der Waals surface area contributed by atoms with Crippen molar-refractivity contribution in [2.75, 3.05) is 12.4 Å². The highest BCUT2D eigenvalue weighted by Crippen LogP contribution is 2.23. The van der Waals surface area contributed by atoms with Gasteiger partial charge in [-0.15, -0.1) is 0 Å². The number of nitrogens with one attached hydrogen (secondary N) is 1. The average Bonchev–Trinajstić information content (AvgIpc) is 2.85. The fourth-order valence-corrected chi connectivity index (χ4v) is 3.63. The Hall–Kier alpha value is -4.26. The number of aromatic nitrogens is 2. The van der Waals surface area contributed by atoms with Crippen LogP contribution in [0.5, 0.6) is 0 Å². The Morgan fingerprint density at radius 3 is 2.52 bits per heavy atom. The molecule has 0 aliphatic rings. The maximum absolute atomic E-state index is 13.0. The van der Waals surface area contributed by atoms with Gasteiger partial charge in [0.15, 0.2) is 0 Å². The van der Waals surface area contributed by atoms with Gasteiger partial charge in [0, 0.05) is 18.3 Å². The van der Waals surface area contributed by atoms with Crippen molar-refractivity contribution in [2.24, 2.45) is 0 Å². The number of amides is 2. The summed E-state index contributed by atoms with van der Waals surface area (Å²) in [5, 5.41) is 2.89. The van der Waals surface area contributed by atoms with Gasteiger partial charge in [0.1, 0.15) is 6.54 Å². The van der Waals surface area contributed by atoms with E-state index in [4.69, 9.17) is 0 Å². The van der Waals surface area contributed by atoms with Gasteiger partial charge in [-0.25, -0.2) is 4.98 Å². The van der Waals surface area contributed by atoms with Crippen LogP contribution in [0.4, 0.5) is 5.69 Å². The first-order chi connectivity index (χ1) is 15.9. The first-order valence-electron chi connectivity index (χ1n) is 10.6. The Balaban J connectivity index is 1.50.